The summed E-state index contributed by atoms with van der Waals surface area (Å²) < 4.78 is 4.56. The summed E-state index contributed by atoms with van der Waals surface area (Å²) in [5.74, 6) is -0.465. The number of carbonyl (C=O) groups is 1. The largest absolute Gasteiger partial charge is 0.466 e. The van der Waals surface area contributed by atoms with E-state index in [1.807, 2.05) is 25.4 Å². The summed E-state index contributed by atoms with van der Waals surface area (Å²) in [6.45, 7) is -0.213. The van der Waals surface area contributed by atoms with Crippen molar-refractivity contribution in [1.82, 2.24) is 10.3 Å². The summed E-state index contributed by atoms with van der Waals surface area (Å²) in [6, 6.07) is 3.88. The molecule has 1 aromatic heterocycles. The lowest BCUT2D eigenvalue weighted by molar-refractivity contribution is -0.145. The second-order valence-electron chi connectivity index (χ2n) is 5.32. The number of hydrogen-bond acceptors (Lipinski definition) is 6. The van der Waals surface area contributed by atoms with Gasteiger partial charge in [-0.15, -0.1) is 0 Å². The van der Waals surface area contributed by atoms with Gasteiger partial charge in [0, 0.05) is 19.4 Å². The van der Waals surface area contributed by atoms with Gasteiger partial charge in [-0.25, -0.2) is 4.79 Å². The number of rotatable bonds is 5. The van der Waals surface area contributed by atoms with E-state index in [9.17, 15) is 4.79 Å². The van der Waals surface area contributed by atoms with Gasteiger partial charge in [-0.2, -0.15) is 0 Å². The van der Waals surface area contributed by atoms with Crippen LogP contribution in [0.4, 0.5) is 0 Å². The van der Waals surface area contributed by atoms with Gasteiger partial charge in [-0.05, 0) is 30.9 Å². The summed E-state index contributed by atoms with van der Waals surface area (Å²) in [7, 11) is 3.12. The number of aromatic nitrogens is 1. The standard InChI is InChI=1S/C16H21N3O3S/c1-17-15(23)16(12-6-5-9-18-10-12)8-4-3-7-13(16)19-22-11-14(20)21-2/h5-6,9-10H,3-4,7-8,11H2,1-2H3,(H,17,23)/b19-13+. The van der Waals surface area contributed by atoms with Crippen molar-refractivity contribution in [2.75, 3.05) is 20.8 Å². The molecule has 0 amide bonds. The van der Waals surface area contributed by atoms with Crippen LogP contribution in [-0.4, -0.2) is 42.4 Å². The first-order valence-electron chi connectivity index (χ1n) is 7.54. The van der Waals surface area contributed by atoms with Crippen LogP contribution >= 0.6 is 12.2 Å². The summed E-state index contributed by atoms with van der Waals surface area (Å²) in [6.07, 6.45) is 7.18. The van der Waals surface area contributed by atoms with Crippen LogP contribution in [-0.2, 0) is 19.8 Å². The molecule has 124 valence electrons. The van der Waals surface area contributed by atoms with Crippen molar-refractivity contribution in [1.29, 1.82) is 0 Å². The highest BCUT2D eigenvalue weighted by Gasteiger charge is 2.44. The minimum absolute atomic E-state index is 0.213. The summed E-state index contributed by atoms with van der Waals surface area (Å²) in [4.78, 5) is 21.3. The summed E-state index contributed by atoms with van der Waals surface area (Å²) in [5.41, 5.74) is 1.27. The second-order valence-corrected chi connectivity index (χ2v) is 5.73. The molecule has 1 unspecified atom stereocenters. The number of thiocarbonyl (C=S) groups is 1. The first kappa shape index (κ1) is 17.3. The van der Waals surface area contributed by atoms with Gasteiger partial charge in [-0.3, -0.25) is 4.98 Å². The lowest BCUT2D eigenvalue weighted by Gasteiger charge is -2.38. The molecule has 0 saturated heterocycles. The third-order valence-corrected chi connectivity index (χ3v) is 4.61. The Hall–Kier alpha value is -2.02. The monoisotopic (exact) mass is 335 g/mol. The van der Waals surface area contributed by atoms with Crippen molar-refractivity contribution in [2.24, 2.45) is 5.16 Å². The number of hydrogen-bond donors (Lipinski definition) is 1. The molecule has 0 aliphatic heterocycles. The van der Waals surface area contributed by atoms with Crippen LogP contribution in [0.15, 0.2) is 29.7 Å². The van der Waals surface area contributed by atoms with Crippen molar-refractivity contribution in [3.05, 3.63) is 30.1 Å². The highest BCUT2D eigenvalue weighted by molar-refractivity contribution is 7.80. The average molecular weight is 335 g/mol. The maximum absolute atomic E-state index is 11.2. The fourth-order valence-electron chi connectivity index (χ4n) is 2.90. The number of nitrogens with one attached hydrogen (secondary N) is 1. The number of carbonyl (C=O) groups excluding carboxylic acids is 1. The molecule has 1 N–H and O–H groups in total. The van der Waals surface area contributed by atoms with Crippen molar-refractivity contribution in [2.45, 2.75) is 31.1 Å². The molecule has 1 heterocycles. The fraction of sp³-hybridized carbons (Fsp3) is 0.500. The predicted octanol–water partition coefficient (Wildman–Crippen LogP) is 1.99. The lowest BCUT2D eigenvalue weighted by Crippen LogP contribution is -2.50. The highest BCUT2D eigenvalue weighted by Crippen LogP contribution is 2.38. The van der Waals surface area contributed by atoms with E-state index in [1.165, 1.54) is 7.11 Å². The molecule has 1 aliphatic rings. The smallest absolute Gasteiger partial charge is 0.346 e. The number of ether oxygens (including phenoxy) is 1. The number of nitrogens with zero attached hydrogens (tertiary/aromatic N) is 2. The maximum Gasteiger partial charge on any atom is 0.346 e. The van der Waals surface area contributed by atoms with E-state index in [-0.39, 0.29) is 6.61 Å². The molecule has 6 nitrogen and oxygen atoms in total. The van der Waals surface area contributed by atoms with E-state index in [0.717, 1.165) is 37.0 Å². The van der Waals surface area contributed by atoms with E-state index in [2.05, 4.69) is 20.2 Å². The molecule has 1 atom stereocenters. The Balaban J connectivity index is 2.38. The van der Waals surface area contributed by atoms with E-state index in [0.29, 0.717) is 4.99 Å². The van der Waals surface area contributed by atoms with Crippen molar-refractivity contribution >= 4 is 28.9 Å². The van der Waals surface area contributed by atoms with Crippen LogP contribution in [0.25, 0.3) is 0 Å². The van der Waals surface area contributed by atoms with Gasteiger partial charge >= 0.3 is 5.97 Å². The van der Waals surface area contributed by atoms with Crippen LogP contribution in [0.2, 0.25) is 0 Å². The molecule has 7 heteroatoms. The van der Waals surface area contributed by atoms with Gasteiger partial charge in [-0.1, -0.05) is 29.9 Å². The Labute approximate surface area is 141 Å². The van der Waals surface area contributed by atoms with Crippen LogP contribution in [0.1, 0.15) is 31.2 Å². The molecule has 1 aromatic rings. The number of methoxy groups -OCH3 is 1. The van der Waals surface area contributed by atoms with E-state index in [4.69, 9.17) is 17.1 Å². The number of pyridine rings is 1. The van der Waals surface area contributed by atoms with Crippen molar-refractivity contribution < 1.29 is 14.4 Å². The molecule has 1 aliphatic carbocycles. The zero-order valence-corrected chi connectivity index (χ0v) is 14.2. The van der Waals surface area contributed by atoms with Gasteiger partial charge in [0.15, 0.2) is 0 Å². The lowest BCUT2D eigenvalue weighted by atomic mass is 9.68. The van der Waals surface area contributed by atoms with E-state index >= 15 is 0 Å². The van der Waals surface area contributed by atoms with E-state index < -0.39 is 11.4 Å². The Kier molecular flexibility index (Phi) is 6.04. The Morgan fingerprint density at radius 1 is 1.52 bits per heavy atom. The Morgan fingerprint density at radius 3 is 3.00 bits per heavy atom. The van der Waals surface area contributed by atoms with Gasteiger partial charge in [0.1, 0.15) is 0 Å². The summed E-state index contributed by atoms with van der Waals surface area (Å²) in [5, 5.41) is 7.32. The molecule has 0 bridgehead atoms. The maximum atomic E-state index is 11.2. The van der Waals surface area contributed by atoms with Gasteiger partial charge in [0.05, 0.1) is 23.2 Å². The molecule has 0 spiro atoms. The Morgan fingerprint density at radius 2 is 2.35 bits per heavy atom. The number of likely N-dealkylation sites (N-methyl/N-ethyl adjacent to an activating group) is 1. The molecule has 2 rings (SSSR count). The average Bonchev–Trinajstić information content (AvgIpc) is 2.62. The zero-order valence-electron chi connectivity index (χ0n) is 13.4. The van der Waals surface area contributed by atoms with Crippen molar-refractivity contribution in [3.8, 4) is 0 Å². The molecular formula is C16H21N3O3S. The quantitative estimate of drug-likeness (QED) is 0.504. The molecule has 23 heavy (non-hydrogen) atoms. The topological polar surface area (TPSA) is 72.8 Å². The second kappa shape index (κ2) is 8.01. The van der Waals surface area contributed by atoms with Crippen molar-refractivity contribution in [3.63, 3.8) is 0 Å². The van der Waals surface area contributed by atoms with Crippen LogP contribution in [0.5, 0.6) is 0 Å². The van der Waals surface area contributed by atoms with Gasteiger partial charge in [0.2, 0.25) is 6.61 Å². The van der Waals surface area contributed by atoms with Crippen LogP contribution in [0, 0.1) is 0 Å². The van der Waals surface area contributed by atoms with E-state index in [1.54, 1.807) is 6.20 Å². The Bertz CT molecular complexity index is 591. The van der Waals surface area contributed by atoms with Crippen LogP contribution < -0.4 is 5.32 Å². The minimum atomic E-state index is -0.535. The zero-order chi connectivity index (χ0) is 16.7. The SMILES string of the molecule is CNC(=S)C1(c2cccnc2)CCCC/C1=N\OCC(=O)OC. The summed E-state index contributed by atoms with van der Waals surface area (Å²) >= 11 is 5.60. The first-order valence-corrected chi connectivity index (χ1v) is 7.94. The molecule has 1 saturated carbocycles. The molecule has 1 fully saturated rings. The molecular weight excluding hydrogens is 314 g/mol. The number of esters is 1. The normalized spacial score (nSPS) is 22.4. The first-order chi connectivity index (χ1) is 11.1. The minimum Gasteiger partial charge on any atom is -0.466 e. The number of oxime groups is 1. The fourth-order valence-corrected chi connectivity index (χ4v) is 3.24. The van der Waals surface area contributed by atoms with Crippen LogP contribution in [0.3, 0.4) is 0 Å². The third kappa shape index (κ3) is 3.67. The molecule has 0 radical (unpaired) electrons. The van der Waals surface area contributed by atoms with Gasteiger partial charge in [0.25, 0.3) is 0 Å². The molecule has 0 aromatic carbocycles. The highest BCUT2D eigenvalue weighted by atomic mass is 32.1. The third-order valence-electron chi connectivity index (χ3n) is 4.06. The predicted molar refractivity (Wildman–Crippen MR) is 91.4 cm³/mol. The van der Waals surface area contributed by atoms with Gasteiger partial charge < -0.3 is 14.9 Å².